The second kappa shape index (κ2) is 6.44. The molecule has 100 valence electrons. The van der Waals surface area contributed by atoms with Gasteiger partial charge in [-0.25, -0.2) is 4.79 Å². The van der Waals surface area contributed by atoms with Crippen molar-refractivity contribution in [3.05, 3.63) is 65.2 Å². The third-order valence-electron chi connectivity index (χ3n) is 2.59. The molecule has 0 aliphatic rings. The number of carbonyl (C=O) groups is 1. The normalized spacial score (nSPS) is 9.45. The molecule has 2 rings (SSSR count). The van der Waals surface area contributed by atoms with E-state index in [0.717, 1.165) is 11.1 Å². The van der Waals surface area contributed by atoms with Crippen LogP contribution in [0.1, 0.15) is 16.7 Å². The van der Waals surface area contributed by atoms with E-state index in [1.807, 2.05) is 31.2 Å². The summed E-state index contributed by atoms with van der Waals surface area (Å²) in [5.74, 6) is 5.67. The standard InChI is InChI=1S/C17H14O3/c1-13-3-2-4-15(11-13)6-5-14-7-9-16(10-8-14)20-12-17(18)19/h2-4,7-11H,12H2,1H3,(H,18,19). The van der Waals surface area contributed by atoms with E-state index in [-0.39, 0.29) is 6.61 Å². The Bertz CT molecular complexity index is 661. The molecule has 0 bridgehead atoms. The van der Waals surface area contributed by atoms with Gasteiger partial charge in [-0.1, -0.05) is 24.0 Å². The third kappa shape index (κ3) is 4.18. The van der Waals surface area contributed by atoms with E-state index in [9.17, 15) is 4.79 Å². The van der Waals surface area contributed by atoms with E-state index in [1.165, 1.54) is 5.56 Å². The summed E-state index contributed by atoms with van der Waals surface area (Å²) in [7, 11) is 0. The van der Waals surface area contributed by atoms with Crippen molar-refractivity contribution >= 4 is 5.97 Å². The van der Waals surface area contributed by atoms with Gasteiger partial charge in [-0.05, 0) is 48.9 Å². The Hall–Kier alpha value is -2.73. The van der Waals surface area contributed by atoms with Crippen LogP contribution in [0.3, 0.4) is 0 Å². The molecular weight excluding hydrogens is 252 g/mol. The summed E-state index contributed by atoms with van der Waals surface area (Å²) in [5.41, 5.74) is 3.00. The number of aryl methyl sites for hydroxylation is 1. The smallest absolute Gasteiger partial charge is 0.341 e. The van der Waals surface area contributed by atoms with Gasteiger partial charge in [0.15, 0.2) is 6.61 Å². The molecule has 0 unspecified atom stereocenters. The number of aliphatic carboxylic acids is 1. The van der Waals surface area contributed by atoms with Crippen molar-refractivity contribution < 1.29 is 14.6 Å². The lowest BCUT2D eigenvalue weighted by Crippen LogP contribution is -2.09. The Morgan fingerprint density at radius 1 is 1.10 bits per heavy atom. The molecule has 1 N–H and O–H groups in total. The quantitative estimate of drug-likeness (QED) is 0.869. The molecule has 3 heteroatoms. The third-order valence-corrected chi connectivity index (χ3v) is 2.59. The molecule has 0 spiro atoms. The monoisotopic (exact) mass is 266 g/mol. The number of benzene rings is 2. The summed E-state index contributed by atoms with van der Waals surface area (Å²) in [5, 5.41) is 8.51. The number of rotatable bonds is 3. The first kappa shape index (κ1) is 13.7. The van der Waals surface area contributed by atoms with E-state index in [1.54, 1.807) is 24.3 Å². The Morgan fingerprint density at radius 3 is 2.45 bits per heavy atom. The fraction of sp³-hybridized carbons (Fsp3) is 0.118. The zero-order valence-electron chi connectivity index (χ0n) is 11.1. The Labute approximate surface area is 117 Å². The second-order valence-corrected chi connectivity index (χ2v) is 4.33. The van der Waals surface area contributed by atoms with Crippen molar-refractivity contribution in [1.82, 2.24) is 0 Å². The largest absolute Gasteiger partial charge is 0.482 e. The SMILES string of the molecule is Cc1cccc(C#Cc2ccc(OCC(=O)O)cc2)c1. The molecule has 0 amide bonds. The predicted molar refractivity (Wildman–Crippen MR) is 76.7 cm³/mol. The van der Waals surface area contributed by atoms with Crippen molar-refractivity contribution in [2.75, 3.05) is 6.61 Å². The number of carboxylic acids is 1. The van der Waals surface area contributed by atoms with Gasteiger partial charge in [0.05, 0.1) is 0 Å². The molecule has 0 aromatic heterocycles. The van der Waals surface area contributed by atoms with Crippen molar-refractivity contribution in [2.45, 2.75) is 6.92 Å². The summed E-state index contributed by atoms with van der Waals surface area (Å²) >= 11 is 0. The molecule has 0 heterocycles. The number of carboxylic acid groups (broad SMARTS) is 1. The number of hydrogen-bond acceptors (Lipinski definition) is 2. The second-order valence-electron chi connectivity index (χ2n) is 4.33. The van der Waals surface area contributed by atoms with Crippen LogP contribution < -0.4 is 4.74 Å². The van der Waals surface area contributed by atoms with Crippen LogP contribution in [-0.2, 0) is 4.79 Å². The van der Waals surface area contributed by atoms with Crippen LogP contribution in [0.25, 0.3) is 0 Å². The maximum atomic E-state index is 10.4. The van der Waals surface area contributed by atoms with Crippen LogP contribution in [0.2, 0.25) is 0 Å². The van der Waals surface area contributed by atoms with Crippen LogP contribution in [-0.4, -0.2) is 17.7 Å². The van der Waals surface area contributed by atoms with Crippen molar-refractivity contribution in [1.29, 1.82) is 0 Å². The number of hydrogen-bond donors (Lipinski definition) is 1. The maximum Gasteiger partial charge on any atom is 0.341 e. The lowest BCUT2D eigenvalue weighted by Gasteiger charge is -2.02. The minimum Gasteiger partial charge on any atom is -0.482 e. The molecule has 0 aliphatic heterocycles. The molecule has 3 nitrogen and oxygen atoms in total. The van der Waals surface area contributed by atoms with Gasteiger partial charge in [0.25, 0.3) is 0 Å². The van der Waals surface area contributed by atoms with Gasteiger partial charge in [0.1, 0.15) is 5.75 Å². The van der Waals surface area contributed by atoms with Crippen molar-refractivity contribution in [3.8, 4) is 17.6 Å². The highest BCUT2D eigenvalue weighted by Gasteiger charge is 1.98. The summed E-state index contributed by atoms with van der Waals surface area (Å²) in [6, 6.07) is 15.0. The molecular formula is C17H14O3. The Kier molecular flexibility index (Phi) is 4.41. The molecule has 0 saturated carbocycles. The van der Waals surface area contributed by atoms with Crippen LogP contribution in [0.4, 0.5) is 0 Å². The summed E-state index contributed by atoms with van der Waals surface area (Å²) in [4.78, 5) is 10.4. The van der Waals surface area contributed by atoms with E-state index < -0.39 is 5.97 Å². The molecule has 2 aromatic carbocycles. The summed E-state index contributed by atoms with van der Waals surface area (Å²) in [6.07, 6.45) is 0. The maximum absolute atomic E-state index is 10.4. The minimum atomic E-state index is -0.992. The minimum absolute atomic E-state index is 0.339. The van der Waals surface area contributed by atoms with Gasteiger partial charge in [0.2, 0.25) is 0 Å². The van der Waals surface area contributed by atoms with Crippen molar-refractivity contribution in [2.24, 2.45) is 0 Å². The Morgan fingerprint density at radius 2 is 1.80 bits per heavy atom. The lowest BCUT2D eigenvalue weighted by atomic mass is 10.1. The van der Waals surface area contributed by atoms with E-state index in [0.29, 0.717) is 5.75 Å². The van der Waals surface area contributed by atoms with Crippen LogP contribution >= 0.6 is 0 Å². The van der Waals surface area contributed by atoms with E-state index >= 15 is 0 Å². The fourth-order valence-corrected chi connectivity index (χ4v) is 1.65. The highest BCUT2D eigenvalue weighted by molar-refractivity contribution is 5.68. The first-order valence-corrected chi connectivity index (χ1v) is 6.17. The first-order valence-electron chi connectivity index (χ1n) is 6.17. The van der Waals surface area contributed by atoms with Gasteiger partial charge in [0, 0.05) is 11.1 Å². The number of ether oxygens (including phenoxy) is 1. The zero-order valence-corrected chi connectivity index (χ0v) is 11.1. The van der Waals surface area contributed by atoms with Gasteiger partial charge in [-0.15, -0.1) is 0 Å². The molecule has 0 fully saturated rings. The van der Waals surface area contributed by atoms with Gasteiger partial charge >= 0.3 is 5.97 Å². The fourth-order valence-electron chi connectivity index (χ4n) is 1.65. The van der Waals surface area contributed by atoms with Crippen LogP contribution in [0, 0.1) is 18.8 Å². The van der Waals surface area contributed by atoms with Crippen LogP contribution in [0.5, 0.6) is 5.75 Å². The Balaban J connectivity index is 2.06. The topological polar surface area (TPSA) is 46.5 Å². The lowest BCUT2D eigenvalue weighted by molar-refractivity contribution is -0.139. The first-order chi connectivity index (χ1) is 9.63. The molecule has 2 aromatic rings. The van der Waals surface area contributed by atoms with E-state index in [2.05, 4.69) is 11.8 Å². The molecule has 0 saturated heterocycles. The molecule has 0 aliphatic carbocycles. The van der Waals surface area contributed by atoms with Gasteiger partial charge < -0.3 is 9.84 Å². The van der Waals surface area contributed by atoms with E-state index in [4.69, 9.17) is 9.84 Å². The zero-order chi connectivity index (χ0) is 14.4. The average molecular weight is 266 g/mol. The molecule has 0 atom stereocenters. The van der Waals surface area contributed by atoms with Crippen LogP contribution in [0.15, 0.2) is 48.5 Å². The van der Waals surface area contributed by atoms with Gasteiger partial charge in [-0.2, -0.15) is 0 Å². The average Bonchev–Trinajstić information content (AvgIpc) is 2.44. The predicted octanol–water partition coefficient (Wildman–Crippen LogP) is 2.86. The summed E-state index contributed by atoms with van der Waals surface area (Å²) in [6.45, 7) is 1.69. The van der Waals surface area contributed by atoms with Gasteiger partial charge in [-0.3, -0.25) is 0 Å². The highest BCUT2D eigenvalue weighted by Crippen LogP contribution is 2.11. The molecule has 20 heavy (non-hydrogen) atoms. The van der Waals surface area contributed by atoms with Crippen molar-refractivity contribution in [3.63, 3.8) is 0 Å². The molecule has 0 radical (unpaired) electrons. The summed E-state index contributed by atoms with van der Waals surface area (Å²) < 4.78 is 5.05. The highest BCUT2D eigenvalue weighted by atomic mass is 16.5.